The minimum Gasteiger partial charge on any atom is -0.497 e. The van der Waals surface area contributed by atoms with Gasteiger partial charge in [0.15, 0.2) is 5.17 Å². The molecule has 0 aliphatic carbocycles. The molecule has 1 fully saturated rings. The molecule has 2 aromatic rings. The topological polar surface area (TPSA) is 62.2 Å². The van der Waals surface area contributed by atoms with Gasteiger partial charge >= 0.3 is 0 Å². The molecule has 28 heavy (non-hydrogen) atoms. The van der Waals surface area contributed by atoms with Gasteiger partial charge in [-0.2, -0.15) is 0 Å². The molecular weight excluding hydrogens is 374 g/mol. The molecule has 2 aliphatic heterocycles. The number of carbonyl (C=O) groups excluding carboxylic acids is 2. The lowest BCUT2D eigenvalue weighted by Crippen LogP contribution is -2.40. The third-order valence-corrected chi connectivity index (χ3v) is 5.79. The Labute approximate surface area is 168 Å². The molecule has 4 rings (SSSR count). The molecule has 144 valence electrons. The van der Waals surface area contributed by atoms with Crippen LogP contribution in [0.15, 0.2) is 59.6 Å². The van der Waals surface area contributed by atoms with E-state index in [9.17, 15) is 9.59 Å². The van der Waals surface area contributed by atoms with Crippen molar-refractivity contribution in [2.24, 2.45) is 10.9 Å². The molecule has 2 aliphatic rings. The van der Waals surface area contributed by atoms with E-state index in [0.29, 0.717) is 24.0 Å². The lowest BCUT2D eigenvalue weighted by Gasteiger charge is -2.25. The number of benzene rings is 2. The molecule has 0 saturated carbocycles. The number of amidine groups is 1. The number of anilines is 2. The number of hydrogen-bond acceptors (Lipinski definition) is 5. The fourth-order valence-electron chi connectivity index (χ4n) is 3.45. The highest BCUT2D eigenvalue weighted by molar-refractivity contribution is 8.14. The SMILES string of the molecule is COc1cccc(N2C[C@@H](C(=O)N(C3=NCCS3)c3ccccc3)CC2=O)c1. The van der Waals surface area contributed by atoms with Crippen molar-refractivity contribution in [2.45, 2.75) is 6.42 Å². The van der Waals surface area contributed by atoms with Crippen LogP contribution < -0.4 is 14.5 Å². The highest BCUT2D eigenvalue weighted by Crippen LogP contribution is 2.31. The average Bonchev–Trinajstić information content (AvgIpc) is 3.39. The zero-order valence-corrected chi connectivity index (χ0v) is 16.4. The molecular formula is C21H21N3O3S. The van der Waals surface area contributed by atoms with Gasteiger partial charge in [-0.25, -0.2) is 0 Å². The fraction of sp³-hybridized carbons (Fsp3) is 0.286. The Morgan fingerprint density at radius 2 is 2.04 bits per heavy atom. The number of para-hydroxylation sites is 1. The summed E-state index contributed by atoms with van der Waals surface area (Å²) in [5.41, 5.74) is 1.53. The average molecular weight is 395 g/mol. The van der Waals surface area contributed by atoms with Crippen LogP contribution in [0.1, 0.15) is 6.42 Å². The first kappa shape index (κ1) is 18.6. The van der Waals surface area contributed by atoms with E-state index in [4.69, 9.17) is 4.74 Å². The molecule has 0 N–H and O–H groups in total. The Morgan fingerprint density at radius 3 is 2.75 bits per heavy atom. The summed E-state index contributed by atoms with van der Waals surface area (Å²) in [4.78, 5) is 33.9. The second kappa shape index (κ2) is 8.06. The summed E-state index contributed by atoms with van der Waals surface area (Å²) >= 11 is 1.58. The lowest BCUT2D eigenvalue weighted by molar-refractivity contribution is -0.123. The molecule has 0 bridgehead atoms. The van der Waals surface area contributed by atoms with Crippen molar-refractivity contribution in [3.63, 3.8) is 0 Å². The van der Waals surface area contributed by atoms with E-state index in [0.717, 1.165) is 17.1 Å². The van der Waals surface area contributed by atoms with Crippen molar-refractivity contribution in [3.05, 3.63) is 54.6 Å². The summed E-state index contributed by atoms with van der Waals surface area (Å²) in [6.07, 6.45) is 0.192. The van der Waals surface area contributed by atoms with Gasteiger partial charge in [0, 0.05) is 30.5 Å². The van der Waals surface area contributed by atoms with Gasteiger partial charge in [0.05, 0.1) is 25.3 Å². The van der Waals surface area contributed by atoms with Crippen LogP contribution in [0.25, 0.3) is 0 Å². The Hall–Kier alpha value is -2.80. The standard InChI is InChI=1S/C21H21N3O3S/c1-27-18-9-5-8-17(13-18)23-14-15(12-19(23)25)20(26)24(21-22-10-11-28-21)16-6-3-2-4-7-16/h2-9,13,15H,10-12,14H2,1H3/t15-/m0/s1. The fourth-order valence-corrected chi connectivity index (χ4v) is 4.32. The number of carbonyl (C=O) groups is 2. The van der Waals surface area contributed by atoms with E-state index >= 15 is 0 Å². The van der Waals surface area contributed by atoms with Gasteiger partial charge in [0.1, 0.15) is 5.75 Å². The van der Waals surface area contributed by atoms with E-state index < -0.39 is 5.92 Å². The van der Waals surface area contributed by atoms with Gasteiger partial charge in [-0.1, -0.05) is 36.0 Å². The van der Waals surface area contributed by atoms with Crippen LogP contribution in [0, 0.1) is 5.92 Å². The van der Waals surface area contributed by atoms with Crippen LogP contribution >= 0.6 is 11.8 Å². The van der Waals surface area contributed by atoms with E-state index in [1.165, 1.54) is 0 Å². The summed E-state index contributed by atoms with van der Waals surface area (Å²) in [5.74, 6) is 0.995. The monoisotopic (exact) mass is 395 g/mol. The predicted octanol–water partition coefficient (Wildman–Crippen LogP) is 3.18. The van der Waals surface area contributed by atoms with Crippen LogP contribution in [0.5, 0.6) is 5.75 Å². The first-order chi connectivity index (χ1) is 13.7. The smallest absolute Gasteiger partial charge is 0.238 e. The third-order valence-electron chi connectivity index (χ3n) is 4.83. The summed E-state index contributed by atoms with van der Waals surface area (Å²) in [6.45, 7) is 1.06. The van der Waals surface area contributed by atoms with Crippen molar-refractivity contribution in [1.29, 1.82) is 0 Å². The Kier molecular flexibility index (Phi) is 5.34. The van der Waals surface area contributed by atoms with Gasteiger partial charge in [-0.3, -0.25) is 19.5 Å². The van der Waals surface area contributed by atoms with Gasteiger partial charge in [-0.15, -0.1) is 0 Å². The van der Waals surface area contributed by atoms with Gasteiger partial charge in [-0.05, 0) is 24.3 Å². The molecule has 0 unspecified atom stereocenters. The number of rotatable bonds is 4. The second-order valence-corrected chi connectivity index (χ2v) is 7.69. The van der Waals surface area contributed by atoms with E-state index in [1.807, 2.05) is 54.6 Å². The largest absolute Gasteiger partial charge is 0.497 e. The van der Waals surface area contributed by atoms with E-state index in [-0.39, 0.29) is 18.2 Å². The number of methoxy groups -OCH3 is 1. The van der Waals surface area contributed by atoms with Gasteiger partial charge in [0.2, 0.25) is 11.8 Å². The Morgan fingerprint density at radius 1 is 1.21 bits per heavy atom. The minimum absolute atomic E-state index is 0.0550. The molecule has 0 aromatic heterocycles. The van der Waals surface area contributed by atoms with Crippen molar-refractivity contribution in [2.75, 3.05) is 35.8 Å². The number of nitrogens with zero attached hydrogens (tertiary/aromatic N) is 3. The quantitative estimate of drug-likeness (QED) is 0.798. The summed E-state index contributed by atoms with van der Waals surface area (Å²) < 4.78 is 5.26. The lowest BCUT2D eigenvalue weighted by atomic mass is 10.1. The number of hydrogen-bond donors (Lipinski definition) is 0. The third kappa shape index (κ3) is 3.62. The van der Waals surface area contributed by atoms with Crippen LogP contribution in [0.2, 0.25) is 0 Å². The van der Waals surface area contributed by atoms with Crippen molar-refractivity contribution < 1.29 is 14.3 Å². The van der Waals surface area contributed by atoms with Crippen molar-refractivity contribution in [1.82, 2.24) is 0 Å². The summed E-state index contributed by atoms with van der Waals surface area (Å²) in [6, 6.07) is 16.9. The Balaban J connectivity index is 1.59. The number of thioether (sulfide) groups is 1. The highest BCUT2D eigenvalue weighted by atomic mass is 32.2. The van der Waals surface area contributed by atoms with E-state index in [2.05, 4.69) is 4.99 Å². The molecule has 2 amide bonds. The zero-order chi connectivity index (χ0) is 19.5. The summed E-state index contributed by atoms with van der Waals surface area (Å²) in [5, 5.41) is 0.712. The van der Waals surface area contributed by atoms with Crippen LogP contribution in [-0.4, -0.2) is 42.9 Å². The first-order valence-electron chi connectivity index (χ1n) is 9.18. The molecule has 1 saturated heterocycles. The van der Waals surface area contributed by atoms with Crippen LogP contribution in [-0.2, 0) is 9.59 Å². The van der Waals surface area contributed by atoms with E-state index in [1.54, 1.807) is 28.7 Å². The molecule has 0 spiro atoms. The van der Waals surface area contributed by atoms with Gasteiger partial charge < -0.3 is 9.64 Å². The first-order valence-corrected chi connectivity index (χ1v) is 10.2. The maximum absolute atomic E-state index is 13.4. The minimum atomic E-state index is -0.414. The van der Waals surface area contributed by atoms with Crippen molar-refractivity contribution >= 4 is 40.1 Å². The van der Waals surface area contributed by atoms with Gasteiger partial charge in [0.25, 0.3) is 0 Å². The van der Waals surface area contributed by atoms with Crippen LogP contribution in [0.3, 0.4) is 0 Å². The molecule has 6 nitrogen and oxygen atoms in total. The number of amides is 2. The maximum Gasteiger partial charge on any atom is 0.238 e. The second-order valence-electron chi connectivity index (χ2n) is 6.63. The molecule has 2 aromatic carbocycles. The predicted molar refractivity (Wildman–Crippen MR) is 112 cm³/mol. The van der Waals surface area contributed by atoms with Crippen molar-refractivity contribution in [3.8, 4) is 5.75 Å². The maximum atomic E-state index is 13.4. The normalized spacial score (nSPS) is 18.9. The highest BCUT2D eigenvalue weighted by Gasteiger charge is 2.39. The summed E-state index contributed by atoms with van der Waals surface area (Å²) in [7, 11) is 1.59. The number of aliphatic imine (C=N–C) groups is 1. The molecule has 7 heteroatoms. The Bertz CT molecular complexity index is 916. The molecule has 0 radical (unpaired) electrons. The molecule has 1 atom stereocenters. The zero-order valence-electron chi connectivity index (χ0n) is 15.6. The van der Waals surface area contributed by atoms with Crippen LogP contribution in [0.4, 0.5) is 11.4 Å². The molecule has 2 heterocycles. The number of ether oxygens (including phenoxy) is 1.